The lowest BCUT2D eigenvalue weighted by Crippen LogP contribution is -2.64. The number of benzene rings is 1. The maximum atomic E-state index is 13.3. The molecule has 2 bridgehead atoms. The van der Waals surface area contributed by atoms with E-state index in [9.17, 15) is 4.39 Å². The molecule has 5 heteroatoms. The fraction of sp³-hybridized carbons (Fsp3) is 0.625. The van der Waals surface area contributed by atoms with Crippen LogP contribution in [0.4, 0.5) is 4.39 Å². The molecule has 0 spiro atoms. The molecule has 2 saturated heterocycles. The molecule has 0 radical (unpaired) electrons. The first-order valence-electron chi connectivity index (χ1n) is 7.55. The molecule has 1 aromatic rings. The Morgan fingerprint density at radius 1 is 1.29 bits per heavy atom. The number of piperazine rings is 1. The molecule has 0 saturated carbocycles. The molecule has 4 nitrogen and oxygen atoms in total. The van der Waals surface area contributed by atoms with Gasteiger partial charge in [-0.25, -0.2) is 4.39 Å². The third-order valence-corrected chi connectivity index (χ3v) is 4.35. The Balaban J connectivity index is 1.63. The van der Waals surface area contributed by atoms with Crippen molar-refractivity contribution >= 4 is 0 Å². The van der Waals surface area contributed by atoms with Crippen molar-refractivity contribution in [3.63, 3.8) is 0 Å². The van der Waals surface area contributed by atoms with Crippen LogP contribution in [0.1, 0.15) is 5.56 Å². The van der Waals surface area contributed by atoms with Gasteiger partial charge in [0.25, 0.3) is 0 Å². The summed E-state index contributed by atoms with van der Waals surface area (Å²) in [5.41, 5.74) is 1.04. The first-order valence-corrected chi connectivity index (χ1v) is 7.55. The summed E-state index contributed by atoms with van der Waals surface area (Å²) in [5, 5.41) is 0. The summed E-state index contributed by atoms with van der Waals surface area (Å²) in [6, 6.07) is 7.73. The predicted molar refractivity (Wildman–Crippen MR) is 78.7 cm³/mol. The highest BCUT2D eigenvalue weighted by atomic mass is 19.1. The summed E-state index contributed by atoms with van der Waals surface area (Å²) in [6.45, 7) is 6.02. The van der Waals surface area contributed by atoms with Crippen LogP contribution in [0.3, 0.4) is 0 Å². The van der Waals surface area contributed by atoms with Crippen LogP contribution in [0.2, 0.25) is 0 Å². The predicted octanol–water partition coefficient (Wildman–Crippen LogP) is 1.36. The van der Waals surface area contributed by atoms with Gasteiger partial charge in [-0.05, 0) is 17.7 Å². The lowest BCUT2D eigenvalue weighted by molar-refractivity contribution is -0.104. The maximum Gasteiger partial charge on any atom is 0.123 e. The summed E-state index contributed by atoms with van der Waals surface area (Å²) in [4.78, 5) is 4.92. The van der Waals surface area contributed by atoms with Crippen LogP contribution < -0.4 is 0 Å². The van der Waals surface area contributed by atoms with E-state index in [1.807, 2.05) is 6.07 Å². The molecular weight excluding hydrogens is 271 g/mol. The zero-order valence-corrected chi connectivity index (χ0v) is 12.5. The Bertz CT molecular complexity index is 457. The quantitative estimate of drug-likeness (QED) is 0.818. The minimum Gasteiger partial charge on any atom is -0.383 e. The van der Waals surface area contributed by atoms with Crippen molar-refractivity contribution in [3.05, 3.63) is 35.6 Å². The van der Waals surface area contributed by atoms with Crippen LogP contribution in [0.5, 0.6) is 0 Å². The van der Waals surface area contributed by atoms with Gasteiger partial charge in [-0.2, -0.15) is 0 Å². The Morgan fingerprint density at radius 2 is 2.05 bits per heavy atom. The lowest BCUT2D eigenvalue weighted by atomic mass is 10.0. The number of hydrogen-bond acceptors (Lipinski definition) is 4. The summed E-state index contributed by atoms with van der Waals surface area (Å²) in [7, 11) is 1.74. The van der Waals surface area contributed by atoms with E-state index >= 15 is 0 Å². The third kappa shape index (κ3) is 3.61. The largest absolute Gasteiger partial charge is 0.383 e. The number of methoxy groups -OCH3 is 1. The van der Waals surface area contributed by atoms with Gasteiger partial charge in [0.15, 0.2) is 0 Å². The van der Waals surface area contributed by atoms with Crippen molar-refractivity contribution in [2.45, 2.75) is 18.6 Å². The Kier molecular flexibility index (Phi) is 4.85. The minimum absolute atomic E-state index is 0.158. The smallest absolute Gasteiger partial charge is 0.123 e. The van der Waals surface area contributed by atoms with Crippen LogP contribution in [0.15, 0.2) is 24.3 Å². The van der Waals surface area contributed by atoms with E-state index in [1.54, 1.807) is 19.2 Å². The number of halogens is 1. The van der Waals surface area contributed by atoms with Gasteiger partial charge >= 0.3 is 0 Å². The maximum absolute atomic E-state index is 13.3. The van der Waals surface area contributed by atoms with Crippen LogP contribution in [-0.4, -0.2) is 68.4 Å². The topological polar surface area (TPSA) is 24.9 Å². The van der Waals surface area contributed by atoms with Gasteiger partial charge in [-0.1, -0.05) is 12.1 Å². The van der Waals surface area contributed by atoms with Gasteiger partial charge in [-0.3, -0.25) is 9.80 Å². The molecule has 116 valence electrons. The summed E-state index contributed by atoms with van der Waals surface area (Å²) in [6.07, 6.45) is 0. The van der Waals surface area contributed by atoms with E-state index in [-0.39, 0.29) is 5.82 Å². The second-order valence-corrected chi connectivity index (χ2v) is 5.90. The fourth-order valence-corrected chi connectivity index (χ4v) is 3.40. The monoisotopic (exact) mass is 294 g/mol. The van der Waals surface area contributed by atoms with Crippen molar-refractivity contribution in [1.82, 2.24) is 9.80 Å². The normalized spacial score (nSPS) is 27.0. The van der Waals surface area contributed by atoms with Crippen LogP contribution in [0, 0.1) is 5.82 Å². The Hall–Kier alpha value is -1.01. The third-order valence-electron chi connectivity index (χ3n) is 4.35. The molecule has 0 amide bonds. The van der Waals surface area contributed by atoms with E-state index in [0.717, 1.165) is 51.6 Å². The lowest BCUT2D eigenvalue weighted by Gasteiger charge is -2.49. The van der Waals surface area contributed by atoms with Crippen molar-refractivity contribution < 1.29 is 13.9 Å². The van der Waals surface area contributed by atoms with E-state index in [0.29, 0.717) is 12.1 Å². The number of ether oxygens (including phenoxy) is 2. The second-order valence-electron chi connectivity index (χ2n) is 5.90. The number of fused-ring (bicyclic) bond motifs is 2. The van der Waals surface area contributed by atoms with Gasteiger partial charge in [0.05, 0.1) is 19.8 Å². The van der Waals surface area contributed by atoms with Crippen molar-refractivity contribution in [2.75, 3.05) is 46.6 Å². The molecule has 2 aliphatic rings. The highest BCUT2D eigenvalue weighted by molar-refractivity contribution is 5.16. The van der Waals surface area contributed by atoms with Crippen LogP contribution >= 0.6 is 0 Å². The average Bonchev–Trinajstić information content (AvgIpc) is 2.45. The number of nitrogens with zero attached hydrogens (tertiary/aromatic N) is 2. The Labute approximate surface area is 125 Å². The molecule has 2 atom stereocenters. The standard InChI is InChI=1S/C16H23FN2O2/c1-20-6-5-19-15-9-18(10-16(19)12-21-11-15)8-13-3-2-4-14(17)7-13/h2-4,7,15-16H,5-6,8-12H2,1H3/t15-,16-/m1/s1. The van der Waals surface area contributed by atoms with Crippen LogP contribution in [0.25, 0.3) is 0 Å². The van der Waals surface area contributed by atoms with Gasteiger partial charge in [0.1, 0.15) is 5.82 Å². The van der Waals surface area contributed by atoms with Crippen molar-refractivity contribution in [1.29, 1.82) is 0 Å². The molecule has 21 heavy (non-hydrogen) atoms. The molecule has 2 heterocycles. The van der Waals surface area contributed by atoms with Crippen LogP contribution in [-0.2, 0) is 16.0 Å². The minimum atomic E-state index is -0.158. The molecule has 0 N–H and O–H groups in total. The molecule has 1 aromatic carbocycles. The van der Waals surface area contributed by atoms with Gasteiger partial charge in [0.2, 0.25) is 0 Å². The highest BCUT2D eigenvalue weighted by Gasteiger charge is 2.37. The van der Waals surface area contributed by atoms with Gasteiger partial charge < -0.3 is 9.47 Å². The zero-order valence-electron chi connectivity index (χ0n) is 12.5. The molecule has 0 aromatic heterocycles. The number of morpholine rings is 1. The average molecular weight is 294 g/mol. The molecule has 3 rings (SSSR count). The summed E-state index contributed by atoms with van der Waals surface area (Å²) in [5.74, 6) is -0.158. The second kappa shape index (κ2) is 6.83. The number of rotatable bonds is 5. The molecule has 2 fully saturated rings. The van der Waals surface area contributed by atoms with Gasteiger partial charge in [0, 0.05) is 45.4 Å². The molecule has 0 unspecified atom stereocenters. The first kappa shape index (κ1) is 14.9. The van der Waals surface area contributed by atoms with E-state index in [1.165, 1.54) is 6.07 Å². The van der Waals surface area contributed by atoms with E-state index < -0.39 is 0 Å². The van der Waals surface area contributed by atoms with E-state index in [4.69, 9.17) is 9.47 Å². The SMILES string of the molecule is COCCN1[C@H]2COC[C@H]1CN(Cc1cccc(F)c1)C2. The van der Waals surface area contributed by atoms with Gasteiger partial charge in [-0.15, -0.1) is 0 Å². The number of hydrogen-bond donors (Lipinski definition) is 0. The molecular formula is C16H23FN2O2. The summed E-state index contributed by atoms with van der Waals surface area (Å²) >= 11 is 0. The summed E-state index contributed by atoms with van der Waals surface area (Å²) < 4.78 is 24.2. The Morgan fingerprint density at radius 3 is 2.71 bits per heavy atom. The van der Waals surface area contributed by atoms with E-state index in [2.05, 4.69) is 9.80 Å². The zero-order chi connectivity index (χ0) is 14.7. The first-order chi connectivity index (χ1) is 10.3. The molecule has 2 aliphatic heterocycles. The molecule has 0 aliphatic carbocycles. The van der Waals surface area contributed by atoms with Crippen molar-refractivity contribution in [3.8, 4) is 0 Å². The van der Waals surface area contributed by atoms with Crippen molar-refractivity contribution in [2.24, 2.45) is 0 Å². The fourth-order valence-electron chi connectivity index (χ4n) is 3.40. The highest BCUT2D eigenvalue weighted by Crippen LogP contribution is 2.22.